The fourth-order valence-corrected chi connectivity index (χ4v) is 6.18. The van der Waals surface area contributed by atoms with Gasteiger partial charge in [-0.05, 0) is 12.8 Å². The molecule has 1 N–H and O–H groups in total. The Bertz CT molecular complexity index is 404. The van der Waals surface area contributed by atoms with Gasteiger partial charge in [0, 0.05) is 32.2 Å². The number of nitrogens with zero attached hydrogens (tertiary/aromatic N) is 1. The lowest BCUT2D eigenvalue weighted by molar-refractivity contribution is 0.151. The molecule has 216 valence electrons. The van der Waals surface area contributed by atoms with Crippen LogP contribution < -0.4 is 5.32 Å². The fourth-order valence-electron chi connectivity index (χ4n) is 6.18. The van der Waals surface area contributed by atoms with E-state index >= 15 is 0 Å². The molecule has 1 aliphatic heterocycles. The van der Waals surface area contributed by atoms with E-state index in [0.29, 0.717) is 0 Å². The third-order valence-electron chi connectivity index (χ3n) is 8.70. The molecule has 1 unspecified atom stereocenters. The minimum Gasteiger partial charge on any atom is -0.314 e. The van der Waals surface area contributed by atoms with E-state index in [2.05, 4.69) is 24.1 Å². The quantitative estimate of drug-likeness (QED) is 0.106. The second kappa shape index (κ2) is 27.9. The molecule has 0 spiro atoms. The highest BCUT2D eigenvalue weighted by atomic mass is 15.2. The highest BCUT2D eigenvalue weighted by molar-refractivity contribution is 4.77. The van der Waals surface area contributed by atoms with Gasteiger partial charge in [-0.1, -0.05) is 174 Å². The Morgan fingerprint density at radius 3 is 1.00 bits per heavy atom. The molecule has 0 aromatic carbocycles. The van der Waals surface area contributed by atoms with E-state index < -0.39 is 0 Å². The van der Waals surface area contributed by atoms with Gasteiger partial charge in [0.1, 0.15) is 0 Å². The van der Waals surface area contributed by atoms with Crippen LogP contribution in [0.4, 0.5) is 0 Å². The molecule has 2 heteroatoms. The molecule has 1 fully saturated rings. The van der Waals surface area contributed by atoms with Gasteiger partial charge in [-0.2, -0.15) is 0 Å². The molecule has 1 aliphatic rings. The largest absolute Gasteiger partial charge is 0.314 e. The Labute approximate surface area is 229 Å². The lowest BCUT2D eigenvalue weighted by Crippen LogP contribution is -2.48. The van der Waals surface area contributed by atoms with Crippen molar-refractivity contribution in [3.63, 3.8) is 0 Å². The van der Waals surface area contributed by atoms with Gasteiger partial charge in [-0.3, -0.25) is 4.90 Å². The zero-order valence-corrected chi connectivity index (χ0v) is 25.4. The lowest BCUT2D eigenvalue weighted by Gasteiger charge is -2.35. The number of rotatable bonds is 28. The maximum Gasteiger partial charge on any atom is 0.0110 e. The Balaban J connectivity index is 1.91. The average molecular weight is 507 g/mol. The van der Waals surface area contributed by atoms with Crippen molar-refractivity contribution in [2.24, 2.45) is 0 Å². The summed E-state index contributed by atoms with van der Waals surface area (Å²) in [6, 6.07) is 0.865. The summed E-state index contributed by atoms with van der Waals surface area (Å²) < 4.78 is 0. The molecule has 0 aromatic heterocycles. The first kappa shape index (κ1) is 33.9. The summed E-state index contributed by atoms with van der Waals surface area (Å²) in [5.74, 6) is 0. The molecular weight excluding hydrogens is 436 g/mol. The Hall–Kier alpha value is -0.0800. The van der Waals surface area contributed by atoms with E-state index in [1.165, 1.54) is 200 Å². The minimum atomic E-state index is 0.865. The van der Waals surface area contributed by atoms with E-state index in [1.54, 1.807) is 0 Å². The second-order valence-electron chi connectivity index (χ2n) is 12.1. The number of unbranched alkanes of at least 4 members (excludes halogenated alkanes) is 23. The van der Waals surface area contributed by atoms with E-state index in [9.17, 15) is 0 Å². The van der Waals surface area contributed by atoms with Crippen molar-refractivity contribution in [3.05, 3.63) is 0 Å². The molecule has 0 aromatic rings. The van der Waals surface area contributed by atoms with Gasteiger partial charge in [0.15, 0.2) is 0 Å². The van der Waals surface area contributed by atoms with E-state index in [4.69, 9.17) is 0 Å². The van der Waals surface area contributed by atoms with Crippen LogP contribution in [-0.4, -0.2) is 37.1 Å². The molecule has 0 radical (unpaired) electrons. The van der Waals surface area contributed by atoms with E-state index in [-0.39, 0.29) is 0 Å². The Kier molecular flexibility index (Phi) is 26.3. The molecule has 0 saturated carbocycles. The van der Waals surface area contributed by atoms with Gasteiger partial charge in [0.25, 0.3) is 0 Å². The highest BCUT2D eigenvalue weighted by Crippen LogP contribution is 2.20. The molecule has 36 heavy (non-hydrogen) atoms. The van der Waals surface area contributed by atoms with Gasteiger partial charge in [0.05, 0.1) is 0 Å². The molecule has 2 nitrogen and oxygen atoms in total. The first-order valence-electron chi connectivity index (χ1n) is 17.3. The summed E-state index contributed by atoms with van der Waals surface area (Å²) in [6.45, 7) is 9.58. The number of piperazine rings is 1. The lowest BCUT2D eigenvalue weighted by atomic mass is 9.98. The van der Waals surface area contributed by atoms with E-state index in [0.717, 1.165) is 6.04 Å². The maximum atomic E-state index is 3.55. The molecule has 1 atom stereocenters. The van der Waals surface area contributed by atoms with E-state index in [1.807, 2.05) is 0 Å². The number of hydrogen-bond acceptors (Lipinski definition) is 2. The van der Waals surface area contributed by atoms with Crippen LogP contribution in [-0.2, 0) is 0 Å². The predicted octanol–water partition coefficient (Wildman–Crippen LogP) is 10.8. The first-order valence-corrected chi connectivity index (χ1v) is 17.3. The van der Waals surface area contributed by atoms with Crippen molar-refractivity contribution in [3.8, 4) is 0 Å². The van der Waals surface area contributed by atoms with Crippen LogP contribution >= 0.6 is 0 Å². The summed E-state index contributed by atoms with van der Waals surface area (Å²) in [4.78, 5) is 2.82. The molecule has 1 rings (SSSR count). The monoisotopic (exact) mass is 507 g/mol. The fraction of sp³-hybridized carbons (Fsp3) is 1.00. The molecule has 1 heterocycles. The molecule has 0 amide bonds. The zero-order valence-electron chi connectivity index (χ0n) is 25.4. The second-order valence-corrected chi connectivity index (χ2v) is 12.1. The summed E-state index contributed by atoms with van der Waals surface area (Å²) in [5.41, 5.74) is 0. The first-order chi connectivity index (χ1) is 17.9. The topological polar surface area (TPSA) is 15.3 Å². The van der Waals surface area contributed by atoms with Crippen molar-refractivity contribution >= 4 is 0 Å². The van der Waals surface area contributed by atoms with Crippen molar-refractivity contribution in [1.29, 1.82) is 0 Å². The van der Waals surface area contributed by atoms with Crippen LogP contribution in [0.1, 0.15) is 187 Å². The van der Waals surface area contributed by atoms with Gasteiger partial charge in [-0.25, -0.2) is 0 Å². The summed E-state index contributed by atoms with van der Waals surface area (Å²) in [5, 5.41) is 3.55. The van der Waals surface area contributed by atoms with Crippen LogP contribution in [0, 0.1) is 0 Å². The van der Waals surface area contributed by atoms with Crippen molar-refractivity contribution in [2.45, 2.75) is 193 Å². The van der Waals surface area contributed by atoms with Crippen LogP contribution in [0.2, 0.25) is 0 Å². The molecule has 1 saturated heterocycles. The standard InChI is InChI=1S/C34H70N2/c1-3-5-7-9-11-12-13-14-15-16-17-18-19-20-21-23-25-27-29-34(36-32-30-35-31-33-36)28-26-24-22-10-8-6-4-2/h34-35H,3-33H2,1-2H3. The third-order valence-corrected chi connectivity index (χ3v) is 8.70. The van der Waals surface area contributed by atoms with Gasteiger partial charge in [-0.15, -0.1) is 0 Å². The summed E-state index contributed by atoms with van der Waals surface area (Å²) in [6.07, 6.45) is 39.5. The van der Waals surface area contributed by atoms with Crippen LogP contribution in [0.3, 0.4) is 0 Å². The molecule has 0 aliphatic carbocycles. The summed E-state index contributed by atoms with van der Waals surface area (Å²) in [7, 11) is 0. The Morgan fingerprint density at radius 2 is 0.694 bits per heavy atom. The van der Waals surface area contributed by atoms with Crippen molar-refractivity contribution in [2.75, 3.05) is 26.2 Å². The zero-order chi connectivity index (χ0) is 25.8. The van der Waals surface area contributed by atoms with Crippen LogP contribution in [0.5, 0.6) is 0 Å². The SMILES string of the molecule is CCCCCCCCCCCCCCCCCCCCC(CCCCCCCCC)N1CCNCC1. The van der Waals surface area contributed by atoms with Gasteiger partial charge in [0.2, 0.25) is 0 Å². The predicted molar refractivity (Wildman–Crippen MR) is 164 cm³/mol. The van der Waals surface area contributed by atoms with Crippen LogP contribution in [0.15, 0.2) is 0 Å². The average Bonchev–Trinajstić information content (AvgIpc) is 2.91. The maximum absolute atomic E-state index is 3.55. The smallest absolute Gasteiger partial charge is 0.0110 e. The highest BCUT2D eigenvalue weighted by Gasteiger charge is 2.19. The molecular formula is C34H70N2. The third kappa shape index (κ3) is 22.0. The number of hydrogen-bond donors (Lipinski definition) is 1. The van der Waals surface area contributed by atoms with Gasteiger partial charge < -0.3 is 5.32 Å². The summed E-state index contributed by atoms with van der Waals surface area (Å²) >= 11 is 0. The Morgan fingerprint density at radius 1 is 0.417 bits per heavy atom. The minimum absolute atomic E-state index is 0.865. The van der Waals surface area contributed by atoms with Crippen molar-refractivity contribution in [1.82, 2.24) is 10.2 Å². The number of nitrogens with one attached hydrogen (secondary N) is 1. The van der Waals surface area contributed by atoms with Crippen molar-refractivity contribution < 1.29 is 0 Å². The van der Waals surface area contributed by atoms with Crippen LogP contribution in [0.25, 0.3) is 0 Å². The molecule has 0 bridgehead atoms. The normalized spacial score (nSPS) is 15.5. The van der Waals surface area contributed by atoms with Gasteiger partial charge >= 0.3 is 0 Å².